The summed E-state index contributed by atoms with van der Waals surface area (Å²) < 4.78 is 0. The van der Waals surface area contributed by atoms with Crippen LogP contribution in [-0.4, -0.2) is 24.6 Å². The Morgan fingerprint density at radius 1 is 0.167 bits per heavy atom. The van der Waals surface area contributed by atoms with Gasteiger partial charge in [0, 0.05) is 0 Å². The Morgan fingerprint density at radius 3 is 0.400 bits per heavy atom. The standard InChI is InChI=1S/2C28H28P2/c2*1-5-15-25(16-6-1)29(26-17-7-2-8-18-26)23-13-14-24-30(27-19-9-3-10-20-27)28-21-11-4-12-22-28/h2*1-12,15-22H,13-14,23-24H2. The number of hydrogen-bond donors (Lipinski definition) is 0. The second-order valence-electron chi connectivity index (χ2n) is 14.7. The SMILES string of the molecule is c1ccc(P(CCCCP(c2ccccc2)c2ccccc2)c2ccccc2)cc1.c1ccc(P(CCCCP(c2ccccc2)c2ccccc2)c2ccccc2)cc1. The van der Waals surface area contributed by atoms with Crippen LogP contribution in [0, 0.1) is 0 Å². The Kier molecular flexibility index (Phi) is 17.9. The van der Waals surface area contributed by atoms with Crippen molar-refractivity contribution >= 4 is 74.1 Å². The minimum absolute atomic E-state index is 0.283. The largest absolute Gasteiger partial charge is 0.0622 e. The fourth-order valence-corrected chi connectivity index (χ4v) is 17.2. The molecule has 4 heteroatoms. The fourth-order valence-electron chi connectivity index (χ4n) is 7.57. The van der Waals surface area contributed by atoms with Crippen LogP contribution < -0.4 is 42.4 Å². The normalized spacial score (nSPS) is 11.1. The molecule has 8 rings (SSSR count). The highest BCUT2D eigenvalue weighted by molar-refractivity contribution is 7.74. The molecule has 0 saturated carbocycles. The van der Waals surface area contributed by atoms with E-state index in [1.807, 2.05) is 0 Å². The first-order valence-electron chi connectivity index (χ1n) is 21.3. The average Bonchev–Trinajstić information content (AvgIpc) is 3.34. The molecule has 0 fully saturated rings. The number of rotatable bonds is 18. The third-order valence-corrected chi connectivity index (χ3v) is 21.0. The van der Waals surface area contributed by atoms with Crippen LogP contribution in [0.4, 0.5) is 0 Å². The zero-order valence-corrected chi connectivity index (χ0v) is 38.1. The van der Waals surface area contributed by atoms with Gasteiger partial charge in [-0.3, -0.25) is 0 Å². The predicted molar refractivity (Wildman–Crippen MR) is 274 cm³/mol. The van der Waals surface area contributed by atoms with Crippen molar-refractivity contribution in [1.29, 1.82) is 0 Å². The zero-order chi connectivity index (χ0) is 40.9. The molecule has 0 unspecified atom stereocenters. The third-order valence-electron chi connectivity index (χ3n) is 10.6. The van der Waals surface area contributed by atoms with E-state index in [2.05, 4.69) is 243 Å². The van der Waals surface area contributed by atoms with Crippen LogP contribution in [0.2, 0.25) is 0 Å². The molecule has 60 heavy (non-hydrogen) atoms. The van der Waals surface area contributed by atoms with E-state index in [1.165, 1.54) is 92.8 Å². The Labute approximate surface area is 365 Å². The molecule has 0 bridgehead atoms. The van der Waals surface area contributed by atoms with Gasteiger partial charge in [-0.1, -0.05) is 243 Å². The van der Waals surface area contributed by atoms with Crippen LogP contribution in [0.25, 0.3) is 0 Å². The summed E-state index contributed by atoms with van der Waals surface area (Å²) in [6, 6.07) is 88.7. The van der Waals surface area contributed by atoms with E-state index in [4.69, 9.17) is 0 Å². The zero-order valence-electron chi connectivity index (χ0n) is 34.5. The van der Waals surface area contributed by atoms with Gasteiger partial charge in [0.15, 0.2) is 0 Å². The molecule has 0 radical (unpaired) electrons. The maximum Gasteiger partial charge on any atom is -0.0195 e. The van der Waals surface area contributed by atoms with Crippen molar-refractivity contribution in [2.45, 2.75) is 25.7 Å². The number of benzene rings is 8. The second-order valence-corrected chi connectivity index (χ2v) is 24.0. The molecule has 8 aromatic rings. The summed E-state index contributed by atoms with van der Waals surface area (Å²) in [6.45, 7) is 0. The molecule has 0 aliphatic carbocycles. The molecule has 8 aromatic carbocycles. The van der Waals surface area contributed by atoms with Crippen molar-refractivity contribution in [2.24, 2.45) is 0 Å². The molecule has 0 atom stereocenters. The van der Waals surface area contributed by atoms with Gasteiger partial charge >= 0.3 is 0 Å². The van der Waals surface area contributed by atoms with Gasteiger partial charge in [0.2, 0.25) is 0 Å². The van der Waals surface area contributed by atoms with E-state index in [0.29, 0.717) is 0 Å². The van der Waals surface area contributed by atoms with Crippen molar-refractivity contribution in [3.63, 3.8) is 0 Å². The maximum absolute atomic E-state index is 2.31. The molecule has 0 aromatic heterocycles. The van der Waals surface area contributed by atoms with E-state index < -0.39 is 0 Å². The molecule has 0 nitrogen and oxygen atoms in total. The van der Waals surface area contributed by atoms with Crippen LogP contribution in [0.15, 0.2) is 243 Å². The Morgan fingerprint density at radius 2 is 0.283 bits per heavy atom. The lowest BCUT2D eigenvalue weighted by atomic mass is 10.4. The predicted octanol–water partition coefficient (Wildman–Crippen LogP) is 12.1. The molecule has 0 saturated heterocycles. The first-order chi connectivity index (χ1) is 29.8. The van der Waals surface area contributed by atoms with Gasteiger partial charge in [-0.05, 0) is 124 Å². The summed E-state index contributed by atoms with van der Waals surface area (Å²) in [5.74, 6) is 0. The molecule has 0 spiro atoms. The van der Waals surface area contributed by atoms with Crippen molar-refractivity contribution in [2.75, 3.05) is 24.6 Å². The highest BCUT2D eigenvalue weighted by atomic mass is 31.1. The molecule has 300 valence electrons. The van der Waals surface area contributed by atoms with Crippen LogP contribution in [0.1, 0.15) is 25.7 Å². The Hall–Kier alpha value is -4.52. The monoisotopic (exact) mass is 852 g/mol. The summed E-state index contributed by atoms with van der Waals surface area (Å²) in [4.78, 5) is 0. The summed E-state index contributed by atoms with van der Waals surface area (Å²) in [6.07, 6.45) is 10.1. The first kappa shape index (κ1) is 43.6. The average molecular weight is 853 g/mol. The summed E-state index contributed by atoms with van der Waals surface area (Å²) in [5, 5.41) is 11.9. The molecule has 0 amide bonds. The first-order valence-corrected chi connectivity index (χ1v) is 27.4. The van der Waals surface area contributed by atoms with E-state index in [-0.39, 0.29) is 31.7 Å². The highest BCUT2D eigenvalue weighted by Crippen LogP contribution is 2.39. The maximum atomic E-state index is 2.31. The quantitative estimate of drug-likeness (QED) is 0.0596. The summed E-state index contributed by atoms with van der Waals surface area (Å²) in [7, 11) is -1.13. The topological polar surface area (TPSA) is 0 Å². The van der Waals surface area contributed by atoms with Crippen LogP contribution in [0.5, 0.6) is 0 Å². The fraction of sp³-hybridized carbons (Fsp3) is 0.143. The van der Waals surface area contributed by atoms with Gasteiger partial charge < -0.3 is 0 Å². The lowest BCUT2D eigenvalue weighted by Gasteiger charge is -2.21. The van der Waals surface area contributed by atoms with Crippen molar-refractivity contribution in [3.8, 4) is 0 Å². The van der Waals surface area contributed by atoms with Gasteiger partial charge in [0.05, 0.1) is 0 Å². The highest BCUT2D eigenvalue weighted by Gasteiger charge is 2.18. The lowest BCUT2D eigenvalue weighted by Crippen LogP contribution is -2.15. The van der Waals surface area contributed by atoms with Crippen molar-refractivity contribution in [3.05, 3.63) is 243 Å². The van der Waals surface area contributed by atoms with Gasteiger partial charge in [0.25, 0.3) is 0 Å². The minimum Gasteiger partial charge on any atom is -0.0622 e. The molecule has 0 N–H and O–H groups in total. The lowest BCUT2D eigenvalue weighted by molar-refractivity contribution is 0.902. The van der Waals surface area contributed by atoms with Crippen molar-refractivity contribution < 1.29 is 0 Å². The number of hydrogen-bond acceptors (Lipinski definition) is 0. The number of unbranched alkanes of at least 4 members (excludes halogenated alkanes) is 2. The van der Waals surface area contributed by atoms with Crippen LogP contribution in [0.3, 0.4) is 0 Å². The molecule has 0 aliphatic rings. The van der Waals surface area contributed by atoms with E-state index >= 15 is 0 Å². The minimum atomic E-state index is -0.283. The Balaban J connectivity index is 0.000000181. The molecule has 0 heterocycles. The van der Waals surface area contributed by atoms with Crippen LogP contribution >= 0.6 is 31.7 Å². The van der Waals surface area contributed by atoms with Crippen molar-refractivity contribution in [1.82, 2.24) is 0 Å². The molecule has 0 aliphatic heterocycles. The third kappa shape index (κ3) is 13.2. The van der Waals surface area contributed by atoms with Gasteiger partial charge in [-0.2, -0.15) is 0 Å². The smallest absolute Gasteiger partial charge is 0.0195 e. The van der Waals surface area contributed by atoms with E-state index in [0.717, 1.165) is 0 Å². The van der Waals surface area contributed by atoms with Crippen LogP contribution in [-0.2, 0) is 0 Å². The summed E-state index contributed by atoms with van der Waals surface area (Å²) >= 11 is 0. The molecular weight excluding hydrogens is 797 g/mol. The van der Waals surface area contributed by atoms with Gasteiger partial charge in [0.1, 0.15) is 0 Å². The molecular formula is C56H56P4. The Bertz CT molecular complexity index is 1810. The summed E-state index contributed by atoms with van der Waals surface area (Å²) in [5.41, 5.74) is 0. The van der Waals surface area contributed by atoms with E-state index in [1.54, 1.807) is 0 Å². The second kappa shape index (κ2) is 24.7. The van der Waals surface area contributed by atoms with Gasteiger partial charge in [-0.15, -0.1) is 0 Å². The van der Waals surface area contributed by atoms with Gasteiger partial charge in [-0.25, -0.2) is 0 Å². The van der Waals surface area contributed by atoms with E-state index in [9.17, 15) is 0 Å².